The van der Waals surface area contributed by atoms with Crippen LogP contribution in [0.4, 0.5) is 0 Å². The van der Waals surface area contributed by atoms with Crippen LogP contribution in [0.25, 0.3) is 5.69 Å². The van der Waals surface area contributed by atoms with E-state index in [1.807, 2.05) is 35.0 Å². The molecule has 1 aromatic heterocycles. The lowest BCUT2D eigenvalue weighted by atomic mass is 10.2. The molecule has 0 saturated heterocycles. The Morgan fingerprint density at radius 3 is 2.79 bits per heavy atom. The Labute approximate surface area is 111 Å². The number of amides is 1. The number of hydrazone groups is 1. The van der Waals surface area contributed by atoms with Crippen molar-refractivity contribution in [3.8, 4) is 5.69 Å². The smallest absolute Gasteiger partial charge is 0.243 e. The highest BCUT2D eigenvalue weighted by atomic mass is 16.2. The molecule has 0 radical (unpaired) electrons. The van der Waals surface area contributed by atoms with E-state index in [0.717, 1.165) is 24.1 Å². The second kappa shape index (κ2) is 5.06. The van der Waals surface area contributed by atoms with Gasteiger partial charge in [-0.05, 0) is 30.5 Å². The lowest BCUT2D eigenvalue weighted by molar-refractivity contribution is -0.122. The summed E-state index contributed by atoms with van der Waals surface area (Å²) in [5.41, 5.74) is 4.53. The van der Waals surface area contributed by atoms with Crippen LogP contribution in [0.15, 0.2) is 48.1 Å². The molecule has 19 heavy (non-hydrogen) atoms. The van der Waals surface area contributed by atoms with E-state index in [1.165, 1.54) is 0 Å². The third-order valence-corrected chi connectivity index (χ3v) is 3.03. The van der Waals surface area contributed by atoms with E-state index in [1.54, 1.807) is 18.7 Å². The number of carbonyl (C=O) groups is 1. The summed E-state index contributed by atoms with van der Waals surface area (Å²) in [6, 6.07) is 7.85. The van der Waals surface area contributed by atoms with Gasteiger partial charge in [-0.1, -0.05) is 12.1 Å². The van der Waals surface area contributed by atoms with Crippen molar-refractivity contribution in [2.45, 2.75) is 12.8 Å². The second-order valence-electron chi connectivity index (χ2n) is 4.57. The number of benzene rings is 1. The van der Waals surface area contributed by atoms with Gasteiger partial charge in [0, 0.05) is 24.0 Å². The number of nitrogens with zero attached hydrogens (tertiary/aromatic N) is 3. The standard InChI is InChI=1S/C14H14N4O/c19-14(12-3-4-12)17-16-9-11-1-5-13(6-2-11)18-8-7-15-10-18/h1-2,5-10,12H,3-4H2,(H,17,19)/b16-9+. The number of hydrogen-bond acceptors (Lipinski definition) is 3. The summed E-state index contributed by atoms with van der Waals surface area (Å²) in [6.07, 6.45) is 9.00. The van der Waals surface area contributed by atoms with E-state index in [9.17, 15) is 4.79 Å². The first kappa shape index (κ1) is 11.6. The molecule has 0 spiro atoms. The highest BCUT2D eigenvalue weighted by Crippen LogP contribution is 2.28. The molecular formula is C14H14N4O. The quantitative estimate of drug-likeness (QED) is 0.667. The maximum Gasteiger partial charge on any atom is 0.243 e. The minimum absolute atomic E-state index is 0.0197. The molecular weight excluding hydrogens is 240 g/mol. The summed E-state index contributed by atoms with van der Waals surface area (Å²) < 4.78 is 1.93. The molecule has 96 valence electrons. The fraction of sp³-hybridized carbons (Fsp3) is 0.214. The molecule has 5 nitrogen and oxygen atoms in total. The molecule has 3 rings (SSSR count). The molecule has 0 bridgehead atoms. The van der Waals surface area contributed by atoms with Crippen molar-refractivity contribution in [2.75, 3.05) is 0 Å². The largest absolute Gasteiger partial charge is 0.306 e. The van der Waals surface area contributed by atoms with E-state index in [2.05, 4.69) is 15.5 Å². The number of nitrogens with one attached hydrogen (secondary N) is 1. The van der Waals surface area contributed by atoms with Gasteiger partial charge in [0.15, 0.2) is 0 Å². The van der Waals surface area contributed by atoms with Crippen LogP contribution in [-0.4, -0.2) is 21.7 Å². The van der Waals surface area contributed by atoms with Gasteiger partial charge in [-0.3, -0.25) is 4.79 Å². The fourth-order valence-electron chi connectivity index (χ4n) is 1.75. The monoisotopic (exact) mass is 254 g/mol. The maximum atomic E-state index is 11.4. The molecule has 1 fully saturated rings. The number of imidazole rings is 1. The van der Waals surface area contributed by atoms with Crippen LogP contribution in [0.3, 0.4) is 0 Å². The molecule has 1 heterocycles. The third-order valence-electron chi connectivity index (χ3n) is 3.03. The van der Waals surface area contributed by atoms with Gasteiger partial charge in [-0.25, -0.2) is 10.4 Å². The van der Waals surface area contributed by atoms with E-state index >= 15 is 0 Å². The van der Waals surface area contributed by atoms with E-state index < -0.39 is 0 Å². The molecule has 1 aliphatic rings. The second-order valence-corrected chi connectivity index (χ2v) is 4.57. The van der Waals surface area contributed by atoms with Crippen LogP contribution in [0.2, 0.25) is 0 Å². The highest BCUT2D eigenvalue weighted by Gasteiger charge is 2.29. The van der Waals surface area contributed by atoms with Crippen LogP contribution in [0, 0.1) is 5.92 Å². The van der Waals surface area contributed by atoms with Crippen molar-refractivity contribution in [3.63, 3.8) is 0 Å². The van der Waals surface area contributed by atoms with Crippen molar-refractivity contribution in [1.82, 2.24) is 15.0 Å². The molecule has 1 aromatic carbocycles. The van der Waals surface area contributed by atoms with Gasteiger partial charge in [0.05, 0.1) is 12.5 Å². The van der Waals surface area contributed by atoms with Gasteiger partial charge >= 0.3 is 0 Å². The predicted octanol–water partition coefficient (Wildman–Crippen LogP) is 1.73. The Morgan fingerprint density at radius 2 is 2.16 bits per heavy atom. The minimum atomic E-state index is 0.0197. The lowest BCUT2D eigenvalue weighted by Crippen LogP contribution is -2.18. The van der Waals surface area contributed by atoms with E-state index in [-0.39, 0.29) is 11.8 Å². The van der Waals surface area contributed by atoms with Crippen molar-refractivity contribution in [1.29, 1.82) is 0 Å². The van der Waals surface area contributed by atoms with E-state index in [4.69, 9.17) is 0 Å². The highest BCUT2D eigenvalue weighted by molar-refractivity contribution is 5.84. The summed E-state index contributed by atoms with van der Waals surface area (Å²) in [5.74, 6) is 0.201. The average Bonchev–Trinajstić information content (AvgIpc) is 3.15. The molecule has 1 aliphatic carbocycles. The molecule has 0 aliphatic heterocycles. The van der Waals surface area contributed by atoms with Gasteiger partial charge in [0.1, 0.15) is 0 Å². The van der Waals surface area contributed by atoms with Crippen LogP contribution < -0.4 is 5.43 Å². The lowest BCUT2D eigenvalue weighted by Gasteiger charge is -2.01. The van der Waals surface area contributed by atoms with Crippen molar-refractivity contribution in [2.24, 2.45) is 11.0 Å². The number of hydrogen-bond donors (Lipinski definition) is 1. The number of rotatable bonds is 4. The zero-order valence-corrected chi connectivity index (χ0v) is 10.4. The number of aromatic nitrogens is 2. The topological polar surface area (TPSA) is 59.3 Å². The van der Waals surface area contributed by atoms with Crippen LogP contribution in [0.5, 0.6) is 0 Å². The Kier molecular flexibility index (Phi) is 3.10. The normalized spacial score (nSPS) is 14.7. The molecule has 1 amide bonds. The molecule has 5 heteroatoms. The molecule has 0 atom stereocenters. The summed E-state index contributed by atoms with van der Waals surface area (Å²) in [6.45, 7) is 0. The van der Waals surface area contributed by atoms with Gasteiger partial charge in [-0.15, -0.1) is 0 Å². The van der Waals surface area contributed by atoms with Gasteiger partial charge < -0.3 is 4.57 Å². The summed E-state index contributed by atoms with van der Waals surface area (Å²) in [7, 11) is 0. The first-order chi connectivity index (χ1) is 9.33. The number of carbonyl (C=O) groups excluding carboxylic acids is 1. The molecule has 1 saturated carbocycles. The zero-order chi connectivity index (χ0) is 13.1. The Morgan fingerprint density at radius 1 is 1.37 bits per heavy atom. The third kappa shape index (κ3) is 2.88. The van der Waals surface area contributed by atoms with Crippen molar-refractivity contribution < 1.29 is 4.79 Å². The summed E-state index contributed by atoms with van der Waals surface area (Å²) in [4.78, 5) is 15.4. The van der Waals surface area contributed by atoms with Gasteiger partial charge in [-0.2, -0.15) is 5.10 Å². The van der Waals surface area contributed by atoms with Crippen LogP contribution in [0.1, 0.15) is 18.4 Å². The summed E-state index contributed by atoms with van der Waals surface area (Å²) >= 11 is 0. The molecule has 1 N–H and O–H groups in total. The zero-order valence-electron chi connectivity index (χ0n) is 10.4. The fourth-order valence-corrected chi connectivity index (χ4v) is 1.75. The van der Waals surface area contributed by atoms with Crippen molar-refractivity contribution in [3.05, 3.63) is 48.5 Å². The predicted molar refractivity (Wildman–Crippen MR) is 72.0 cm³/mol. The maximum absolute atomic E-state index is 11.4. The van der Waals surface area contributed by atoms with Crippen LogP contribution in [-0.2, 0) is 4.79 Å². The van der Waals surface area contributed by atoms with Crippen molar-refractivity contribution >= 4 is 12.1 Å². The van der Waals surface area contributed by atoms with Crippen LogP contribution >= 0.6 is 0 Å². The minimum Gasteiger partial charge on any atom is -0.306 e. The molecule has 0 unspecified atom stereocenters. The van der Waals surface area contributed by atoms with Gasteiger partial charge in [0.2, 0.25) is 5.91 Å². The SMILES string of the molecule is O=C(N/N=C/c1ccc(-n2ccnc2)cc1)C1CC1. The first-order valence-corrected chi connectivity index (χ1v) is 6.24. The first-order valence-electron chi connectivity index (χ1n) is 6.24. The average molecular weight is 254 g/mol. The Bertz CT molecular complexity index is 582. The van der Waals surface area contributed by atoms with E-state index in [0.29, 0.717) is 0 Å². The summed E-state index contributed by atoms with van der Waals surface area (Å²) in [5, 5.41) is 3.95. The van der Waals surface area contributed by atoms with Gasteiger partial charge in [0.25, 0.3) is 0 Å². The molecule has 2 aromatic rings. The Balaban J connectivity index is 1.62. The Hall–Kier alpha value is -2.43.